The molecule has 0 radical (unpaired) electrons. The molecule has 1 heterocycles. The highest BCUT2D eigenvalue weighted by molar-refractivity contribution is 7.09. The van der Waals surface area contributed by atoms with Crippen LogP contribution in [-0.2, 0) is 16.0 Å². The van der Waals surface area contributed by atoms with Crippen molar-refractivity contribution in [2.75, 3.05) is 7.11 Å². The summed E-state index contributed by atoms with van der Waals surface area (Å²) in [6.07, 6.45) is 6.77. The van der Waals surface area contributed by atoms with Gasteiger partial charge in [0.2, 0.25) is 0 Å². The fraction of sp³-hybridized carbons (Fsp3) is 0.714. The number of nitrogens with zero attached hydrogens (tertiary/aromatic N) is 1. The lowest BCUT2D eigenvalue weighted by molar-refractivity contribution is -0.139. The molecule has 3 nitrogen and oxygen atoms in total. The maximum absolute atomic E-state index is 11.2. The molecule has 0 spiro atoms. The highest BCUT2D eigenvalue weighted by atomic mass is 32.1. The van der Waals surface area contributed by atoms with Crippen LogP contribution in [0.5, 0.6) is 0 Å². The maximum atomic E-state index is 11.2. The molecule has 0 bridgehead atoms. The lowest BCUT2D eigenvalue weighted by Gasteiger charge is -2.26. The van der Waals surface area contributed by atoms with Gasteiger partial charge in [0.15, 0.2) is 0 Å². The van der Waals surface area contributed by atoms with Gasteiger partial charge in [0.25, 0.3) is 0 Å². The summed E-state index contributed by atoms with van der Waals surface area (Å²) in [5.74, 6) is 1.32. The first-order valence-electron chi connectivity index (χ1n) is 6.74. The summed E-state index contributed by atoms with van der Waals surface area (Å²) in [6, 6.07) is 0. The molecule has 0 atom stereocenters. The molecule has 0 saturated heterocycles. The monoisotopic (exact) mass is 267 g/mol. The molecule has 0 unspecified atom stereocenters. The number of carbonyl (C=O) groups excluding carboxylic acids is 1. The summed E-state index contributed by atoms with van der Waals surface area (Å²) in [5, 5.41) is 3.21. The number of hydrogen-bond acceptors (Lipinski definition) is 4. The highest BCUT2D eigenvalue weighted by Gasteiger charge is 2.23. The van der Waals surface area contributed by atoms with Gasteiger partial charge in [-0.3, -0.25) is 4.79 Å². The van der Waals surface area contributed by atoms with Crippen molar-refractivity contribution in [3.63, 3.8) is 0 Å². The lowest BCUT2D eigenvalue weighted by Crippen LogP contribution is -2.12. The molecule has 1 aromatic rings. The van der Waals surface area contributed by atoms with Crippen LogP contribution in [0.25, 0.3) is 0 Å². The zero-order valence-corrected chi connectivity index (χ0v) is 12.0. The Bertz CT molecular complexity index is 394. The summed E-state index contributed by atoms with van der Waals surface area (Å²) >= 11 is 1.70. The molecule has 4 heteroatoms. The molecule has 100 valence electrons. The molecule has 2 rings (SSSR count). The van der Waals surface area contributed by atoms with Gasteiger partial charge in [0.1, 0.15) is 0 Å². The minimum atomic E-state index is -0.207. The van der Waals surface area contributed by atoms with Crippen molar-refractivity contribution in [3.05, 3.63) is 16.1 Å². The normalized spacial score (nSPS) is 23.9. The molecule has 1 saturated carbocycles. The number of aromatic nitrogens is 1. The third kappa shape index (κ3) is 3.31. The number of carbonyl (C=O) groups is 1. The van der Waals surface area contributed by atoms with Crippen LogP contribution in [0, 0.1) is 5.92 Å². The van der Waals surface area contributed by atoms with Crippen molar-refractivity contribution >= 4 is 17.3 Å². The largest absolute Gasteiger partial charge is 0.469 e. The fourth-order valence-corrected chi connectivity index (χ4v) is 3.62. The molecule has 0 aliphatic heterocycles. The Kier molecular flexibility index (Phi) is 4.75. The van der Waals surface area contributed by atoms with Gasteiger partial charge in [-0.05, 0) is 31.6 Å². The SMILES string of the molecule is CCC1CCC(c2nc(CC(=O)OC)cs2)CC1. The number of hydrogen-bond donors (Lipinski definition) is 0. The van der Waals surface area contributed by atoms with E-state index >= 15 is 0 Å². The van der Waals surface area contributed by atoms with Crippen LogP contribution in [0.2, 0.25) is 0 Å². The van der Waals surface area contributed by atoms with Gasteiger partial charge in [-0.1, -0.05) is 13.3 Å². The summed E-state index contributed by atoms with van der Waals surface area (Å²) in [4.78, 5) is 15.8. The zero-order valence-electron chi connectivity index (χ0n) is 11.1. The van der Waals surface area contributed by atoms with E-state index in [0.29, 0.717) is 12.3 Å². The topological polar surface area (TPSA) is 39.2 Å². The van der Waals surface area contributed by atoms with Crippen molar-refractivity contribution in [1.29, 1.82) is 0 Å². The van der Waals surface area contributed by atoms with Crippen molar-refractivity contribution in [1.82, 2.24) is 4.98 Å². The Labute approximate surface area is 113 Å². The van der Waals surface area contributed by atoms with Crippen molar-refractivity contribution < 1.29 is 9.53 Å². The van der Waals surface area contributed by atoms with Gasteiger partial charge < -0.3 is 4.74 Å². The average molecular weight is 267 g/mol. The summed E-state index contributed by atoms with van der Waals surface area (Å²) in [5.41, 5.74) is 0.861. The number of esters is 1. The van der Waals surface area contributed by atoms with E-state index in [-0.39, 0.29) is 5.97 Å². The highest BCUT2D eigenvalue weighted by Crippen LogP contribution is 2.38. The average Bonchev–Trinajstić information content (AvgIpc) is 2.87. The van der Waals surface area contributed by atoms with E-state index in [1.54, 1.807) is 11.3 Å². The third-order valence-electron chi connectivity index (χ3n) is 3.90. The van der Waals surface area contributed by atoms with Gasteiger partial charge in [0, 0.05) is 11.3 Å². The first-order valence-corrected chi connectivity index (χ1v) is 7.62. The van der Waals surface area contributed by atoms with Crippen LogP contribution in [0.3, 0.4) is 0 Å². The number of methoxy groups -OCH3 is 1. The predicted octanol–water partition coefficient (Wildman–Crippen LogP) is 3.54. The van der Waals surface area contributed by atoms with E-state index in [1.165, 1.54) is 44.2 Å². The third-order valence-corrected chi connectivity index (χ3v) is 4.95. The summed E-state index contributed by atoms with van der Waals surface area (Å²) in [7, 11) is 1.42. The standard InChI is InChI=1S/C14H21NO2S/c1-3-10-4-6-11(7-5-10)14-15-12(9-18-14)8-13(16)17-2/h9-11H,3-8H2,1-2H3. The van der Waals surface area contributed by atoms with E-state index in [1.807, 2.05) is 5.38 Å². The van der Waals surface area contributed by atoms with Crippen LogP contribution in [0.1, 0.15) is 55.6 Å². The second kappa shape index (κ2) is 6.32. The van der Waals surface area contributed by atoms with Crippen LogP contribution >= 0.6 is 11.3 Å². The molecule has 1 fully saturated rings. The van der Waals surface area contributed by atoms with E-state index in [9.17, 15) is 4.79 Å². The molecule has 1 aliphatic carbocycles. The second-order valence-corrected chi connectivity index (χ2v) is 5.95. The first-order chi connectivity index (χ1) is 8.72. The minimum absolute atomic E-state index is 0.207. The van der Waals surface area contributed by atoms with E-state index in [0.717, 1.165) is 11.6 Å². The first kappa shape index (κ1) is 13.5. The van der Waals surface area contributed by atoms with Gasteiger partial charge >= 0.3 is 5.97 Å². The Morgan fingerprint density at radius 2 is 2.17 bits per heavy atom. The predicted molar refractivity (Wildman–Crippen MR) is 72.8 cm³/mol. The maximum Gasteiger partial charge on any atom is 0.311 e. The van der Waals surface area contributed by atoms with Gasteiger partial charge in [-0.25, -0.2) is 4.98 Å². The van der Waals surface area contributed by atoms with E-state index in [2.05, 4.69) is 16.6 Å². The van der Waals surface area contributed by atoms with E-state index in [4.69, 9.17) is 0 Å². The molecule has 0 aromatic carbocycles. The van der Waals surface area contributed by atoms with Crippen LogP contribution < -0.4 is 0 Å². The Morgan fingerprint density at radius 3 is 2.78 bits per heavy atom. The molecular formula is C14H21NO2S. The quantitative estimate of drug-likeness (QED) is 0.783. The van der Waals surface area contributed by atoms with Crippen LogP contribution in [0.4, 0.5) is 0 Å². The summed E-state index contributed by atoms with van der Waals surface area (Å²) in [6.45, 7) is 2.28. The van der Waals surface area contributed by atoms with Crippen molar-refractivity contribution in [2.45, 2.75) is 51.4 Å². The smallest absolute Gasteiger partial charge is 0.311 e. The van der Waals surface area contributed by atoms with Gasteiger partial charge in [-0.2, -0.15) is 0 Å². The molecular weight excluding hydrogens is 246 g/mol. The number of rotatable bonds is 4. The molecule has 18 heavy (non-hydrogen) atoms. The minimum Gasteiger partial charge on any atom is -0.469 e. The molecule has 1 aromatic heterocycles. The Morgan fingerprint density at radius 1 is 1.44 bits per heavy atom. The molecule has 0 amide bonds. The number of ether oxygens (including phenoxy) is 1. The van der Waals surface area contributed by atoms with Crippen molar-refractivity contribution in [3.8, 4) is 0 Å². The van der Waals surface area contributed by atoms with Gasteiger partial charge in [-0.15, -0.1) is 11.3 Å². The Hall–Kier alpha value is -0.900. The van der Waals surface area contributed by atoms with E-state index < -0.39 is 0 Å². The van der Waals surface area contributed by atoms with Crippen molar-refractivity contribution in [2.24, 2.45) is 5.92 Å². The van der Waals surface area contributed by atoms with Gasteiger partial charge in [0.05, 0.1) is 24.2 Å². The molecule has 1 aliphatic rings. The lowest BCUT2D eigenvalue weighted by atomic mass is 9.81. The van der Waals surface area contributed by atoms with Crippen LogP contribution in [0.15, 0.2) is 5.38 Å². The number of thiazole rings is 1. The second-order valence-electron chi connectivity index (χ2n) is 5.06. The zero-order chi connectivity index (χ0) is 13.0. The molecule has 0 N–H and O–H groups in total. The fourth-order valence-electron chi connectivity index (χ4n) is 2.63. The Balaban J connectivity index is 1.92. The van der Waals surface area contributed by atoms with Crippen LogP contribution in [-0.4, -0.2) is 18.1 Å². The summed E-state index contributed by atoms with van der Waals surface area (Å²) < 4.78 is 4.66.